The van der Waals surface area contributed by atoms with Crippen LogP contribution in [-0.4, -0.2) is 25.5 Å². The first-order valence-corrected chi connectivity index (χ1v) is 9.24. The van der Waals surface area contributed by atoms with E-state index in [2.05, 4.69) is 0 Å². The van der Waals surface area contributed by atoms with Crippen molar-refractivity contribution >= 4 is 17.8 Å². The van der Waals surface area contributed by atoms with E-state index in [0.29, 0.717) is 35.0 Å². The molecule has 1 aliphatic rings. The summed E-state index contributed by atoms with van der Waals surface area (Å²) in [5.74, 6) is 0.690. The molecule has 0 N–H and O–H groups in total. The molecule has 2 aromatic carbocycles. The molecule has 2 heterocycles. The van der Waals surface area contributed by atoms with Crippen molar-refractivity contribution in [3.8, 4) is 23.0 Å². The van der Waals surface area contributed by atoms with Gasteiger partial charge in [0, 0.05) is 11.6 Å². The molecule has 152 valence electrons. The molecule has 7 heteroatoms. The average molecular weight is 406 g/mol. The number of hydrogen-bond acceptors (Lipinski definition) is 7. The van der Waals surface area contributed by atoms with E-state index >= 15 is 0 Å². The SMILES string of the molecule is CCOc1cccc(/C=C2\Oc3cc(OC)ccc3C2=O)c1OC(=O)c1ccco1. The molecule has 0 spiro atoms. The van der Waals surface area contributed by atoms with Gasteiger partial charge in [-0.2, -0.15) is 0 Å². The van der Waals surface area contributed by atoms with Crippen molar-refractivity contribution in [2.24, 2.45) is 0 Å². The molecule has 0 amide bonds. The van der Waals surface area contributed by atoms with Crippen molar-refractivity contribution in [1.82, 2.24) is 0 Å². The Kier molecular flexibility index (Phi) is 5.26. The second kappa shape index (κ2) is 8.16. The fraction of sp³-hybridized carbons (Fsp3) is 0.130. The maximum Gasteiger partial charge on any atom is 0.379 e. The van der Waals surface area contributed by atoms with Crippen LogP contribution in [0.2, 0.25) is 0 Å². The van der Waals surface area contributed by atoms with E-state index in [0.717, 1.165) is 0 Å². The number of esters is 1. The third-order valence-electron chi connectivity index (χ3n) is 4.39. The van der Waals surface area contributed by atoms with Crippen LogP contribution in [0.3, 0.4) is 0 Å². The van der Waals surface area contributed by atoms with Gasteiger partial charge in [0.15, 0.2) is 17.3 Å². The Morgan fingerprint density at radius 2 is 2.00 bits per heavy atom. The van der Waals surface area contributed by atoms with Crippen LogP contribution in [0.4, 0.5) is 0 Å². The first kappa shape index (κ1) is 19.3. The second-order valence-corrected chi connectivity index (χ2v) is 6.28. The molecule has 0 saturated heterocycles. The summed E-state index contributed by atoms with van der Waals surface area (Å²) < 4.78 is 27.1. The van der Waals surface area contributed by atoms with Gasteiger partial charge in [-0.3, -0.25) is 4.79 Å². The Morgan fingerprint density at radius 3 is 2.73 bits per heavy atom. The third-order valence-corrected chi connectivity index (χ3v) is 4.39. The van der Waals surface area contributed by atoms with Crippen LogP contribution in [0.25, 0.3) is 6.08 Å². The zero-order valence-electron chi connectivity index (χ0n) is 16.3. The molecule has 1 aromatic heterocycles. The highest BCUT2D eigenvalue weighted by atomic mass is 16.6. The molecule has 30 heavy (non-hydrogen) atoms. The topological polar surface area (TPSA) is 84.2 Å². The number of ketones is 1. The standard InChI is InChI=1S/C23H18O7/c1-3-27-17-7-4-6-14(22(17)30-23(25)18-8-5-11-28-18)12-20-21(24)16-10-9-15(26-2)13-19(16)29-20/h4-13H,3H2,1-2H3/b20-12-. The summed E-state index contributed by atoms with van der Waals surface area (Å²) >= 11 is 0. The van der Waals surface area contributed by atoms with Crippen LogP contribution < -0.4 is 18.9 Å². The molecule has 0 radical (unpaired) electrons. The molecule has 0 unspecified atom stereocenters. The summed E-state index contributed by atoms with van der Waals surface area (Å²) in [6.45, 7) is 2.18. The predicted octanol–water partition coefficient (Wildman–Crippen LogP) is 4.52. The summed E-state index contributed by atoms with van der Waals surface area (Å²) in [6.07, 6.45) is 2.90. The number of benzene rings is 2. The Hall–Kier alpha value is -4.00. The Bertz CT molecular complexity index is 1130. The number of allylic oxidation sites excluding steroid dienone is 1. The number of ether oxygens (including phenoxy) is 4. The quantitative estimate of drug-likeness (QED) is 0.338. The number of Topliss-reactive ketones (excluding diaryl/α,β-unsaturated/α-hetero) is 1. The largest absolute Gasteiger partial charge is 0.497 e. The van der Waals surface area contributed by atoms with E-state index in [-0.39, 0.29) is 23.1 Å². The Balaban J connectivity index is 1.71. The Labute approximate surface area is 172 Å². The van der Waals surface area contributed by atoms with E-state index in [1.54, 1.807) is 42.5 Å². The lowest BCUT2D eigenvalue weighted by Gasteiger charge is -2.13. The highest BCUT2D eigenvalue weighted by molar-refractivity contribution is 6.14. The van der Waals surface area contributed by atoms with Crippen LogP contribution >= 0.6 is 0 Å². The van der Waals surface area contributed by atoms with E-state index in [1.165, 1.54) is 25.5 Å². The molecule has 0 saturated carbocycles. The fourth-order valence-electron chi connectivity index (χ4n) is 3.00. The number of furan rings is 1. The summed E-state index contributed by atoms with van der Waals surface area (Å²) in [5.41, 5.74) is 0.876. The van der Waals surface area contributed by atoms with Gasteiger partial charge in [-0.1, -0.05) is 12.1 Å². The van der Waals surface area contributed by atoms with Gasteiger partial charge in [0.2, 0.25) is 11.5 Å². The summed E-state index contributed by atoms with van der Waals surface area (Å²) in [6, 6.07) is 13.2. The molecule has 4 rings (SSSR count). The minimum Gasteiger partial charge on any atom is -0.497 e. The van der Waals surface area contributed by atoms with Gasteiger partial charge in [0.05, 0.1) is 25.5 Å². The number of fused-ring (bicyclic) bond motifs is 1. The first-order valence-electron chi connectivity index (χ1n) is 9.24. The highest BCUT2D eigenvalue weighted by Gasteiger charge is 2.28. The molecule has 0 bridgehead atoms. The molecule has 0 fully saturated rings. The van der Waals surface area contributed by atoms with Crippen molar-refractivity contribution in [2.75, 3.05) is 13.7 Å². The maximum atomic E-state index is 12.7. The van der Waals surface area contributed by atoms with E-state index in [1.807, 2.05) is 6.92 Å². The zero-order chi connectivity index (χ0) is 21.1. The molecule has 7 nitrogen and oxygen atoms in total. The van der Waals surface area contributed by atoms with Gasteiger partial charge in [-0.15, -0.1) is 0 Å². The molecule has 0 atom stereocenters. The van der Waals surface area contributed by atoms with Crippen molar-refractivity contribution in [3.05, 3.63) is 77.4 Å². The molecular formula is C23H18O7. The van der Waals surface area contributed by atoms with Crippen molar-refractivity contribution in [1.29, 1.82) is 0 Å². The van der Waals surface area contributed by atoms with Crippen LogP contribution in [0.15, 0.2) is 65.0 Å². The average Bonchev–Trinajstić information content (AvgIpc) is 3.39. The summed E-state index contributed by atoms with van der Waals surface area (Å²) in [5, 5.41) is 0. The third kappa shape index (κ3) is 3.65. The molecular weight excluding hydrogens is 388 g/mol. The number of para-hydroxylation sites is 1. The minimum atomic E-state index is -0.682. The fourth-order valence-corrected chi connectivity index (χ4v) is 3.00. The van der Waals surface area contributed by atoms with Crippen LogP contribution in [0.1, 0.15) is 33.4 Å². The lowest BCUT2D eigenvalue weighted by Crippen LogP contribution is -2.10. The molecule has 0 aliphatic carbocycles. The number of carbonyl (C=O) groups excluding carboxylic acids is 2. The maximum absolute atomic E-state index is 12.7. The van der Waals surface area contributed by atoms with E-state index in [4.69, 9.17) is 23.4 Å². The van der Waals surface area contributed by atoms with Crippen LogP contribution in [-0.2, 0) is 0 Å². The van der Waals surface area contributed by atoms with Gasteiger partial charge < -0.3 is 23.4 Å². The Morgan fingerprint density at radius 1 is 1.13 bits per heavy atom. The lowest BCUT2D eigenvalue weighted by atomic mass is 10.1. The number of methoxy groups -OCH3 is 1. The van der Waals surface area contributed by atoms with Crippen molar-refractivity contribution < 1.29 is 33.0 Å². The smallest absolute Gasteiger partial charge is 0.379 e. The summed E-state index contributed by atoms with van der Waals surface area (Å²) in [4.78, 5) is 25.2. The molecule has 3 aromatic rings. The van der Waals surface area contributed by atoms with E-state index in [9.17, 15) is 9.59 Å². The zero-order valence-corrected chi connectivity index (χ0v) is 16.3. The minimum absolute atomic E-state index is 0.0487. The number of hydrogen-bond donors (Lipinski definition) is 0. The van der Waals surface area contributed by atoms with Gasteiger partial charge in [0.1, 0.15) is 11.5 Å². The van der Waals surface area contributed by atoms with Gasteiger partial charge in [-0.25, -0.2) is 4.79 Å². The van der Waals surface area contributed by atoms with Gasteiger partial charge >= 0.3 is 5.97 Å². The van der Waals surface area contributed by atoms with Gasteiger partial charge in [-0.05, 0) is 43.3 Å². The highest BCUT2D eigenvalue weighted by Crippen LogP contribution is 2.38. The summed E-state index contributed by atoms with van der Waals surface area (Å²) in [7, 11) is 1.54. The van der Waals surface area contributed by atoms with E-state index < -0.39 is 5.97 Å². The number of carbonyl (C=O) groups is 2. The van der Waals surface area contributed by atoms with Crippen LogP contribution in [0, 0.1) is 0 Å². The first-order chi connectivity index (χ1) is 14.6. The number of rotatable bonds is 6. The second-order valence-electron chi connectivity index (χ2n) is 6.28. The predicted molar refractivity (Wildman–Crippen MR) is 107 cm³/mol. The molecule has 1 aliphatic heterocycles. The normalized spacial score (nSPS) is 13.7. The van der Waals surface area contributed by atoms with Crippen molar-refractivity contribution in [2.45, 2.75) is 6.92 Å². The van der Waals surface area contributed by atoms with Crippen LogP contribution in [0.5, 0.6) is 23.0 Å². The monoisotopic (exact) mass is 406 g/mol. The van der Waals surface area contributed by atoms with Gasteiger partial charge in [0.25, 0.3) is 0 Å². The lowest BCUT2D eigenvalue weighted by molar-refractivity contribution is 0.0694. The van der Waals surface area contributed by atoms with Crippen molar-refractivity contribution in [3.63, 3.8) is 0 Å².